The largest absolute Gasteiger partial charge is 0.411 e. The number of alkyl halides is 3. The third-order valence-electron chi connectivity index (χ3n) is 6.13. The minimum absolute atomic E-state index is 0.0279. The molecule has 0 spiro atoms. The van der Waals surface area contributed by atoms with Gasteiger partial charge in [-0.1, -0.05) is 18.2 Å². The van der Waals surface area contributed by atoms with Gasteiger partial charge < -0.3 is 15.4 Å². The molecule has 0 saturated carbocycles. The van der Waals surface area contributed by atoms with E-state index in [1.54, 1.807) is 36.9 Å². The molecule has 0 radical (unpaired) electrons. The van der Waals surface area contributed by atoms with Crippen molar-refractivity contribution in [2.24, 2.45) is 5.73 Å². The number of hydrogen-bond acceptors (Lipinski definition) is 5. The number of nitrogens with one attached hydrogen (secondary N) is 1. The molecule has 1 fully saturated rings. The maximum Gasteiger partial charge on any atom is 0.411 e. The second-order valence-electron chi connectivity index (χ2n) is 8.76. The minimum atomic E-state index is -4.46. The zero-order valence-electron chi connectivity index (χ0n) is 19.8. The van der Waals surface area contributed by atoms with E-state index in [-0.39, 0.29) is 23.2 Å². The predicted octanol–water partition coefficient (Wildman–Crippen LogP) is 4.59. The summed E-state index contributed by atoms with van der Waals surface area (Å²) in [7, 11) is 0. The Bertz CT molecular complexity index is 1200. The van der Waals surface area contributed by atoms with E-state index in [0.29, 0.717) is 35.4 Å². The molecule has 184 valence electrons. The number of nitrogens with zero attached hydrogens (tertiary/aromatic N) is 2. The topological polar surface area (TPSA) is 103 Å². The van der Waals surface area contributed by atoms with E-state index in [9.17, 15) is 18.0 Å². The van der Waals surface area contributed by atoms with Crippen LogP contribution in [0.3, 0.4) is 0 Å². The number of rotatable bonds is 7. The molecule has 1 aliphatic rings. The summed E-state index contributed by atoms with van der Waals surface area (Å²) in [6.07, 6.45) is -4.46. The van der Waals surface area contributed by atoms with Crippen molar-refractivity contribution in [2.45, 2.75) is 32.9 Å². The highest BCUT2D eigenvalue weighted by Gasteiger charge is 2.33. The summed E-state index contributed by atoms with van der Waals surface area (Å²) in [5.74, 6) is 0.0430. The SMILES string of the molecule is C/C(C(=N)c1cc(C(=O)N2CC(c3ccc(C#N)cc3)C2)c(C)cc1C)=C(/N)COCC(F)(F)F. The molecule has 0 atom stereocenters. The fourth-order valence-corrected chi connectivity index (χ4v) is 3.95. The summed E-state index contributed by atoms with van der Waals surface area (Å²) in [4.78, 5) is 14.9. The molecule has 2 aromatic rings. The third-order valence-corrected chi connectivity index (χ3v) is 6.13. The van der Waals surface area contributed by atoms with Crippen LogP contribution in [0, 0.1) is 30.6 Å². The van der Waals surface area contributed by atoms with Crippen LogP contribution in [0.25, 0.3) is 0 Å². The van der Waals surface area contributed by atoms with Crippen molar-refractivity contribution in [1.82, 2.24) is 4.90 Å². The molecule has 2 aromatic carbocycles. The number of halogens is 3. The van der Waals surface area contributed by atoms with Crippen LogP contribution >= 0.6 is 0 Å². The Balaban J connectivity index is 1.73. The third kappa shape index (κ3) is 6.08. The molecule has 1 amide bonds. The lowest BCUT2D eigenvalue weighted by Crippen LogP contribution is -2.48. The average molecular weight is 485 g/mol. The maximum absolute atomic E-state index is 13.2. The van der Waals surface area contributed by atoms with E-state index in [1.165, 1.54) is 0 Å². The van der Waals surface area contributed by atoms with Gasteiger partial charge in [0.25, 0.3) is 5.91 Å². The highest BCUT2D eigenvalue weighted by molar-refractivity contribution is 6.12. The smallest absolute Gasteiger partial charge is 0.400 e. The lowest BCUT2D eigenvalue weighted by molar-refractivity contribution is -0.171. The van der Waals surface area contributed by atoms with Crippen molar-refractivity contribution in [2.75, 3.05) is 26.3 Å². The maximum atomic E-state index is 13.2. The summed E-state index contributed by atoms with van der Waals surface area (Å²) in [6.45, 7) is 4.41. The molecule has 1 saturated heterocycles. The van der Waals surface area contributed by atoms with Crippen molar-refractivity contribution in [1.29, 1.82) is 10.7 Å². The van der Waals surface area contributed by atoms with Crippen LogP contribution in [0.5, 0.6) is 0 Å². The van der Waals surface area contributed by atoms with Crippen LogP contribution < -0.4 is 5.73 Å². The molecular weight excluding hydrogens is 457 g/mol. The summed E-state index contributed by atoms with van der Waals surface area (Å²) >= 11 is 0. The lowest BCUT2D eigenvalue weighted by Gasteiger charge is -2.40. The molecule has 1 aliphatic heterocycles. The van der Waals surface area contributed by atoms with E-state index in [1.807, 2.05) is 25.1 Å². The second-order valence-corrected chi connectivity index (χ2v) is 8.76. The zero-order valence-corrected chi connectivity index (χ0v) is 19.8. The molecule has 6 nitrogen and oxygen atoms in total. The number of nitriles is 1. The van der Waals surface area contributed by atoms with Crippen LogP contribution in [0.15, 0.2) is 47.7 Å². The number of allylic oxidation sites excluding steroid dienone is 1. The number of likely N-dealkylation sites (tertiary alicyclic amines) is 1. The zero-order chi connectivity index (χ0) is 25.9. The molecule has 0 aromatic heterocycles. The van der Waals surface area contributed by atoms with Gasteiger partial charge in [-0.3, -0.25) is 10.2 Å². The van der Waals surface area contributed by atoms with Crippen LogP contribution in [0.4, 0.5) is 13.2 Å². The highest BCUT2D eigenvalue weighted by atomic mass is 19.4. The Hall–Kier alpha value is -3.64. The molecule has 3 N–H and O–H groups in total. The quantitative estimate of drug-likeness (QED) is 0.561. The normalized spacial score (nSPS) is 14.7. The Morgan fingerprint density at radius 1 is 1.17 bits per heavy atom. The molecule has 9 heteroatoms. The van der Waals surface area contributed by atoms with E-state index >= 15 is 0 Å². The average Bonchev–Trinajstić information content (AvgIpc) is 2.76. The molecular formula is C26H27F3N4O2. The molecule has 0 unspecified atom stereocenters. The number of hydrogen-bond donors (Lipinski definition) is 2. The Morgan fingerprint density at radius 3 is 2.34 bits per heavy atom. The Morgan fingerprint density at radius 2 is 1.77 bits per heavy atom. The molecule has 0 bridgehead atoms. The number of benzene rings is 2. The van der Waals surface area contributed by atoms with Gasteiger partial charge in [0, 0.05) is 35.8 Å². The standard InChI is InChI=1S/C26H27F3N4O2/c1-15-8-16(2)22(9-21(15)24(32)17(3)23(31)13-35-14-26(27,28)29)25(34)33-11-20(12-33)19-6-4-18(10-30)5-7-19/h4-9,20,32H,11-14,31H2,1-3H3/b23-17-,32-24?. The van der Waals surface area contributed by atoms with Crippen LogP contribution in [-0.4, -0.2) is 49.0 Å². The van der Waals surface area contributed by atoms with Gasteiger partial charge in [-0.15, -0.1) is 0 Å². The number of nitrogens with two attached hydrogens (primary N) is 1. The lowest BCUT2D eigenvalue weighted by atomic mass is 9.89. The predicted molar refractivity (Wildman–Crippen MR) is 126 cm³/mol. The fraction of sp³-hybridized carbons (Fsp3) is 0.346. The van der Waals surface area contributed by atoms with Crippen molar-refractivity contribution in [3.8, 4) is 6.07 Å². The number of ether oxygens (including phenoxy) is 1. The van der Waals surface area contributed by atoms with E-state index in [4.69, 9.17) is 16.4 Å². The van der Waals surface area contributed by atoms with Crippen LogP contribution in [0.1, 0.15) is 51.0 Å². The summed E-state index contributed by atoms with van der Waals surface area (Å²) in [5, 5.41) is 17.5. The highest BCUT2D eigenvalue weighted by Crippen LogP contribution is 2.30. The first-order valence-electron chi connectivity index (χ1n) is 11.0. The van der Waals surface area contributed by atoms with Gasteiger partial charge >= 0.3 is 6.18 Å². The van der Waals surface area contributed by atoms with Gasteiger partial charge in [0.05, 0.1) is 24.0 Å². The van der Waals surface area contributed by atoms with Crippen molar-refractivity contribution >= 4 is 11.6 Å². The summed E-state index contributed by atoms with van der Waals surface area (Å²) in [6, 6.07) is 12.9. The van der Waals surface area contributed by atoms with Gasteiger partial charge in [0.15, 0.2) is 0 Å². The number of carbonyl (C=O) groups excluding carboxylic acids is 1. The number of carbonyl (C=O) groups is 1. The van der Waals surface area contributed by atoms with E-state index < -0.39 is 19.4 Å². The minimum Gasteiger partial charge on any atom is -0.400 e. The van der Waals surface area contributed by atoms with Gasteiger partial charge in [-0.25, -0.2) is 0 Å². The molecule has 0 aliphatic carbocycles. The van der Waals surface area contributed by atoms with Crippen LogP contribution in [-0.2, 0) is 4.74 Å². The number of amides is 1. The summed E-state index contributed by atoms with van der Waals surface area (Å²) in [5.41, 5.74) is 10.4. The Kier molecular flexibility index (Phi) is 7.66. The first kappa shape index (κ1) is 26.0. The molecule has 3 rings (SSSR count). The number of aryl methyl sites for hydroxylation is 2. The monoisotopic (exact) mass is 484 g/mol. The van der Waals surface area contributed by atoms with Crippen LogP contribution in [0.2, 0.25) is 0 Å². The first-order valence-corrected chi connectivity index (χ1v) is 11.0. The second kappa shape index (κ2) is 10.3. The van der Waals surface area contributed by atoms with Gasteiger partial charge in [0.1, 0.15) is 6.61 Å². The van der Waals surface area contributed by atoms with Gasteiger partial charge in [-0.2, -0.15) is 18.4 Å². The first-order chi connectivity index (χ1) is 16.4. The molecule has 35 heavy (non-hydrogen) atoms. The van der Waals surface area contributed by atoms with Crippen molar-refractivity contribution in [3.63, 3.8) is 0 Å². The van der Waals surface area contributed by atoms with Gasteiger partial charge in [0.2, 0.25) is 0 Å². The van der Waals surface area contributed by atoms with Crippen molar-refractivity contribution in [3.05, 3.63) is 81.0 Å². The molecule has 1 heterocycles. The summed E-state index contributed by atoms with van der Waals surface area (Å²) < 4.78 is 41.6. The fourth-order valence-electron chi connectivity index (χ4n) is 3.95. The Labute approximate surface area is 202 Å². The van der Waals surface area contributed by atoms with Gasteiger partial charge in [-0.05, 0) is 61.2 Å². The van der Waals surface area contributed by atoms with E-state index in [2.05, 4.69) is 10.8 Å². The van der Waals surface area contributed by atoms with E-state index in [0.717, 1.165) is 16.7 Å². The van der Waals surface area contributed by atoms with Crippen molar-refractivity contribution < 1.29 is 22.7 Å².